The van der Waals surface area contributed by atoms with E-state index in [1.165, 1.54) is 0 Å². The van der Waals surface area contributed by atoms with Gasteiger partial charge in [0.25, 0.3) is 5.91 Å². The van der Waals surface area contributed by atoms with Crippen molar-refractivity contribution in [2.45, 2.75) is 89.9 Å². The molecule has 3 rings (SSSR count). The Balaban J connectivity index is 1.52. The Morgan fingerprint density at radius 3 is 2.23 bits per heavy atom. The summed E-state index contributed by atoms with van der Waals surface area (Å²) in [5.74, 6) is 2.89. The first-order valence-electron chi connectivity index (χ1n) is 11.3. The monoisotopic (exact) mass is 448 g/mol. The van der Waals surface area contributed by atoms with Crippen LogP contribution in [-0.4, -0.2) is 52.2 Å². The molecule has 0 bridgehead atoms. The molecule has 0 unspecified atom stereocenters. The predicted octanol–water partition coefficient (Wildman–Crippen LogP) is 4.26. The van der Waals surface area contributed by atoms with Crippen LogP contribution in [0.25, 0.3) is 0 Å². The topological polar surface area (TPSA) is 92.4 Å². The van der Waals surface area contributed by atoms with E-state index < -0.39 is 5.60 Å². The number of pyridine rings is 1. The van der Waals surface area contributed by atoms with Crippen LogP contribution in [0.3, 0.4) is 0 Å². The van der Waals surface area contributed by atoms with Gasteiger partial charge in [-0.25, -0.2) is 9.78 Å². The van der Waals surface area contributed by atoms with Crippen molar-refractivity contribution in [1.82, 2.24) is 15.6 Å². The van der Waals surface area contributed by atoms with Crippen molar-refractivity contribution < 1.29 is 14.3 Å². The number of nitrogens with zero attached hydrogens (tertiary/aromatic N) is 1. The van der Waals surface area contributed by atoms with Crippen LogP contribution in [0.1, 0.15) is 75.2 Å². The number of thioether (sulfide) groups is 1. The number of anilines is 1. The summed E-state index contributed by atoms with van der Waals surface area (Å²) in [6.07, 6.45) is 6.92. The zero-order chi connectivity index (χ0) is 22.4. The standard InChI is InChI=1S/C23H36N4O3S/c1-15-13-19(20(24-14-15)25-18-9-11-31-12-10-18)21(28)26-16-5-7-17(8-6-16)27-22(29)30-23(2,3)4/h13-14,16-18H,5-12H2,1-4H3,(H,24,25)(H,26,28)(H,27,29). The van der Waals surface area contributed by atoms with Gasteiger partial charge in [-0.15, -0.1) is 0 Å². The van der Waals surface area contributed by atoms with Crippen LogP contribution in [0.4, 0.5) is 10.6 Å². The number of amides is 2. The number of nitrogens with one attached hydrogen (secondary N) is 3. The highest BCUT2D eigenvalue weighted by Gasteiger charge is 2.27. The van der Waals surface area contributed by atoms with Crippen LogP contribution in [0, 0.1) is 6.92 Å². The second kappa shape index (κ2) is 10.6. The van der Waals surface area contributed by atoms with Gasteiger partial charge >= 0.3 is 6.09 Å². The SMILES string of the molecule is Cc1cnc(NC2CCSCC2)c(C(=O)NC2CCC(NC(=O)OC(C)(C)C)CC2)c1. The smallest absolute Gasteiger partial charge is 0.407 e. The van der Waals surface area contributed by atoms with E-state index in [4.69, 9.17) is 4.74 Å². The lowest BCUT2D eigenvalue weighted by molar-refractivity contribution is 0.0488. The summed E-state index contributed by atoms with van der Waals surface area (Å²) in [7, 11) is 0. The average Bonchev–Trinajstić information content (AvgIpc) is 2.70. The fourth-order valence-electron chi connectivity index (χ4n) is 4.01. The van der Waals surface area contributed by atoms with Crippen LogP contribution >= 0.6 is 11.8 Å². The summed E-state index contributed by atoms with van der Waals surface area (Å²) in [6.45, 7) is 7.53. The van der Waals surface area contributed by atoms with Crippen LogP contribution in [0.5, 0.6) is 0 Å². The Morgan fingerprint density at radius 1 is 1.00 bits per heavy atom. The number of aromatic nitrogens is 1. The van der Waals surface area contributed by atoms with E-state index in [9.17, 15) is 9.59 Å². The summed E-state index contributed by atoms with van der Waals surface area (Å²) in [5.41, 5.74) is 1.09. The summed E-state index contributed by atoms with van der Waals surface area (Å²) in [4.78, 5) is 29.6. The first-order valence-corrected chi connectivity index (χ1v) is 12.5. The molecule has 0 atom stereocenters. The number of hydrogen-bond donors (Lipinski definition) is 3. The van der Waals surface area contributed by atoms with Crippen LogP contribution < -0.4 is 16.0 Å². The molecule has 31 heavy (non-hydrogen) atoms. The molecule has 3 N–H and O–H groups in total. The van der Waals surface area contributed by atoms with Gasteiger partial charge in [-0.3, -0.25) is 4.79 Å². The lowest BCUT2D eigenvalue weighted by Gasteiger charge is -2.30. The molecule has 1 aromatic rings. The minimum Gasteiger partial charge on any atom is -0.444 e. The molecule has 0 radical (unpaired) electrons. The minimum atomic E-state index is -0.501. The molecule has 1 aromatic heterocycles. The average molecular weight is 449 g/mol. The van der Waals surface area contributed by atoms with Crippen LogP contribution in [0.2, 0.25) is 0 Å². The Hall–Kier alpha value is -1.96. The Labute approximate surface area is 189 Å². The number of alkyl carbamates (subject to hydrolysis) is 1. The van der Waals surface area contributed by atoms with Gasteiger partial charge in [0.05, 0.1) is 5.56 Å². The second-order valence-corrected chi connectivity index (χ2v) is 10.8. The molecule has 0 aromatic carbocycles. The van der Waals surface area contributed by atoms with E-state index in [2.05, 4.69) is 20.9 Å². The molecule has 2 amide bonds. The van der Waals surface area contributed by atoms with Crippen LogP contribution in [0.15, 0.2) is 12.3 Å². The van der Waals surface area contributed by atoms with Crippen molar-refractivity contribution in [3.05, 3.63) is 23.4 Å². The quantitative estimate of drug-likeness (QED) is 0.623. The molecule has 1 saturated heterocycles. The van der Waals surface area contributed by atoms with Gasteiger partial charge in [0, 0.05) is 24.3 Å². The van der Waals surface area contributed by atoms with Crippen molar-refractivity contribution in [3.63, 3.8) is 0 Å². The van der Waals surface area contributed by atoms with Gasteiger partial charge in [-0.1, -0.05) is 0 Å². The number of hydrogen-bond acceptors (Lipinski definition) is 6. The molecule has 0 spiro atoms. The fourth-order valence-corrected chi connectivity index (χ4v) is 5.12. The van der Waals surface area contributed by atoms with Gasteiger partial charge in [-0.2, -0.15) is 11.8 Å². The highest BCUT2D eigenvalue weighted by atomic mass is 32.2. The van der Waals surface area contributed by atoms with E-state index in [1.807, 2.05) is 51.7 Å². The number of carbonyl (C=O) groups excluding carboxylic acids is 2. The maximum atomic E-state index is 13.1. The molecule has 172 valence electrons. The first-order chi connectivity index (χ1) is 14.7. The van der Waals surface area contributed by atoms with Gasteiger partial charge < -0.3 is 20.7 Å². The second-order valence-electron chi connectivity index (χ2n) is 9.61. The fraction of sp³-hybridized carbons (Fsp3) is 0.696. The highest BCUT2D eigenvalue weighted by molar-refractivity contribution is 7.99. The lowest BCUT2D eigenvalue weighted by Crippen LogP contribution is -2.45. The van der Waals surface area contributed by atoms with Crippen molar-refractivity contribution in [3.8, 4) is 0 Å². The van der Waals surface area contributed by atoms with Crippen molar-refractivity contribution in [1.29, 1.82) is 0 Å². The number of carbonyl (C=O) groups is 2. The van der Waals surface area contributed by atoms with E-state index in [0.717, 1.165) is 55.6 Å². The van der Waals surface area contributed by atoms with E-state index in [0.29, 0.717) is 17.4 Å². The number of ether oxygens (including phenoxy) is 1. The zero-order valence-corrected chi connectivity index (χ0v) is 19.9. The summed E-state index contributed by atoms with van der Waals surface area (Å²) in [5, 5.41) is 9.63. The molecule has 1 aliphatic carbocycles. The van der Waals surface area contributed by atoms with Crippen molar-refractivity contribution >= 4 is 29.6 Å². The third-order valence-electron chi connectivity index (χ3n) is 5.61. The molecular formula is C23H36N4O3S. The molecule has 8 heteroatoms. The maximum Gasteiger partial charge on any atom is 0.407 e. The first kappa shape index (κ1) is 23.7. The normalized spacial score (nSPS) is 22.5. The van der Waals surface area contributed by atoms with E-state index in [-0.39, 0.29) is 24.1 Å². The largest absolute Gasteiger partial charge is 0.444 e. The molecule has 2 heterocycles. The predicted molar refractivity (Wildman–Crippen MR) is 126 cm³/mol. The third kappa shape index (κ3) is 7.59. The minimum absolute atomic E-state index is 0.0764. The van der Waals surface area contributed by atoms with E-state index in [1.54, 1.807) is 0 Å². The molecule has 1 saturated carbocycles. The zero-order valence-electron chi connectivity index (χ0n) is 19.1. The van der Waals surface area contributed by atoms with Gasteiger partial charge in [0.2, 0.25) is 0 Å². The Bertz CT molecular complexity index is 767. The van der Waals surface area contributed by atoms with Crippen LogP contribution in [-0.2, 0) is 4.74 Å². The molecular weight excluding hydrogens is 412 g/mol. The van der Waals surface area contributed by atoms with Gasteiger partial charge in [-0.05, 0) is 89.4 Å². The van der Waals surface area contributed by atoms with Crippen molar-refractivity contribution in [2.75, 3.05) is 16.8 Å². The molecule has 2 fully saturated rings. The Kier molecular flexibility index (Phi) is 8.08. The maximum absolute atomic E-state index is 13.1. The van der Waals surface area contributed by atoms with Crippen molar-refractivity contribution in [2.24, 2.45) is 0 Å². The molecule has 7 nitrogen and oxygen atoms in total. The molecule has 2 aliphatic rings. The van der Waals surface area contributed by atoms with Gasteiger partial charge in [0.1, 0.15) is 11.4 Å². The summed E-state index contributed by atoms with van der Waals surface area (Å²) in [6, 6.07) is 2.48. The number of aryl methyl sites for hydroxylation is 1. The van der Waals surface area contributed by atoms with E-state index >= 15 is 0 Å². The highest BCUT2D eigenvalue weighted by Crippen LogP contribution is 2.24. The third-order valence-corrected chi connectivity index (χ3v) is 6.66. The summed E-state index contributed by atoms with van der Waals surface area (Å²) < 4.78 is 5.34. The summed E-state index contributed by atoms with van der Waals surface area (Å²) >= 11 is 1.98. The number of rotatable bonds is 5. The van der Waals surface area contributed by atoms with Gasteiger partial charge in [0.15, 0.2) is 0 Å². The lowest BCUT2D eigenvalue weighted by atomic mass is 9.91. The Morgan fingerprint density at radius 2 is 1.61 bits per heavy atom. The molecule has 1 aliphatic heterocycles.